The minimum absolute atomic E-state index is 0.366. The van der Waals surface area contributed by atoms with Gasteiger partial charge < -0.3 is 10.0 Å². The molecule has 1 N–H and O–H groups in total. The Morgan fingerprint density at radius 2 is 2.24 bits per heavy atom. The molecule has 92 valence electrons. The highest BCUT2D eigenvalue weighted by Crippen LogP contribution is 2.36. The maximum atomic E-state index is 11.2. The number of benzene rings is 1. The van der Waals surface area contributed by atoms with E-state index in [0.29, 0.717) is 12.5 Å². The van der Waals surface area contributed by atoms with Gasteiger partial charge in [-0.2, -0.15) is 0 Å². The molecule has 1 aromatic rings. The van der Waals surface area contributed by atoms with Crippen LogP contribution in [0.3, 0.4) is 0 Å². The lowest BCUT2D eigenvalue weighted by atomic mass is 10.0. The van der Waals surface area contributed by atoms with Crippen molar-refractivity contribution in [2.24, 2.45) is 5.92 Å². The summed E-state index contributed by atoms with van der Waals surface area (Å²) < 4.78 is 0. The van der Waals surface area contributed by atoms with E-state index < -0.39 is 5.97 Å². The summed E-state index contributed by atoms with van der Waals surface area (Å²) in [6.07, 6.45) is 1.12. The number of fused-ring (bicyclic) bond motifs is 1. The molecule has 0 aromatic heterocycles. The predicted molar refractivity (Wildman–Crippen MR) is 68.5 cm³/mol. The van der Waals surface area contributed by atoms with E-state index in [4.69, 9.17) is 0 Å². The SMILES string of the molecule is CCC(C)CN1CC(C(=O)O)c2ccccc21. The monoisotopic (exact) mass is 233 g/mol. The molecule has 0 spiro atoms. The lowest BCUT2D eigenvalue weighted by Gasteiger charge is -2.23. The second-order valence-corrected chi connectivity index (χ2v) is 4.87. The lowest BCUT2D eigenvalue weighted by Crippen LogP contribution is -2.28. The molecular weight excluding hydrogens is 214 g/mol. The van der Waals surface area contributed by atoms with E-state index in [1.165, 1.54) is 0 Å². The van der Waals surface area contributed by atoms with Gasteiger partial charge in [0, 0.05) is 18.8 Å². The minimum atomic E-state index is -0.718. The van der Waals surface area contributed by atoms with Gasteiger partial charge in [-0.1, -0.05) is 38.5 Å². The molecule has 1 heterocycles. The lowest BCUT2D eigenvalue weighted by molar-refractivity contribution is -0.138. The van der Waals surface area contributed by atoms with Crippen LogP contribution in [-0.4, -0.2) is 24.2 Å². The Balaban J connectivity index is 2.25. The minimum Gasteiger partial charge on any atom is -0.481 e. The molecule has 1 aromatic carbocycles. The number of hydrogen-bond acceptors (Lipinski definition) is 2. The highest BCUT2D eigenvalue weighted by atomic mass is 16.4. The Kier molecular flexibility index (Phi) is 3.36. The van der Waals surface area contributed by atoms with Crippen molar-refractivity contribution < 1.29 is 9.90 Å². The standard InChI is InChI=1S/C14H19NO2/c1-3-10(2)8-15-9-12(14(16)17)11-6-4-5-7-13(11)15/h4-7,10,12H,3,8-9H2,1-2H3,(H,16,17). The molecule has 0 fully saturated rings. The molecule has 17 heavy (non-hydrogen) atoms. The largest absolute Gasteiger partial charge is 0.481 e. The molecule has 0 aliphatic carbocycles. The van der Waals surface area contributed by atoms with Crippen molar-refractivity contribution in [2.45, 2.75) is 26.2 Å². The fourth-order valence-electron chi connectivity index (χ4n) is 2.38. The van der Waals surface area contributed by atoms with Crippen molar-refractivity contribution in [2.75, 3.05) is 18.0 Å². The van der Waals surface area contributed by atoms with E-state index in [-0.39, 0.29) is 5.92 Å². The summed E-state index contributed by atoms with van der Waals surface area (Å²) in [4.78, 5) is 13.4. The van der Waals surface area contributed by atoms with Crippen LogP contribution in [-0.2, 0) is 4.79 Å². The van der Waals surface area contributed by atoms with Gasteiger partial charge in [-0.3, -0.25) is 4.79 Å². The van der Waals surface area contributed by atoms with E-state index in [9.17, 15) is 9.90 Å². The van der Waals surface area contributed by atoms with Crippen molar-refractivity contribution in [1.29, 1.82) is 0 Å². The maximum Gasteiger partial charge on any atom is 0.312 e. The fourth-order valence-corrected chi connectivity index (χ4v) is 2.38. The average Bonchev–Trinajstić information content (AvgIpc) is 2.68. The van der Waals surface area contributed by atoms with Gasteiger partial charge >= 0.3 is 5.97 Å². The van der Waals surface area contributed by atoms with Gasteiger partial charge in [-0.15, -0.1) is 0 Å². The van der Waals surface area contributed by atoms with Gasteiger partial charge in [0.1, 0.15) is 5.92 Å². The molecule has 1 aliphatic rings. The van der Waals surface area contributed by atoms with E-state index in [1.54, 1.807) is 0 Å². The molecule has 0 bridgehead atoms. The van der Waals surface area contributed by atoms with E-state index in [1.807, 2.05) is 24.3 Å². The zero-order chi connectivity index (χ0) is 12.4. The summed E-state index contributed by atoms with van der Waals surface area (Å²) in [5, 5.41) is 9.24. The van der Waals surface area contributed by atoms with Crippen LogP contribution in [0.15, 0.2) is 24.3 Å². The summed E-state index contributed by atoms with van der Waals surface area (Å²) in [6, 6.07) is 7.86. The summed E-state index contributed by atoms with van der Waals surface area (Å²) in [7, 11) is 0. The molecule has 2 atom stereocenters. The van der Waals surface area contributed by atoms with Crippen molar-refractivity contribution in [3.8, 4) is 0 Å². The fraction of sp³-hybridized carbons (Fsp3) is 0.500. The molecule has 2 unspecified atom stereocenters. The van der Waals surface area contributed by atoms with Crippen LogP contribution < -0.4 is 4.90 Å². The summed E-state index contributed by atoms with van der Waals surface area (Å²) in [6.45, 7) is 5.92. The number of nitrogens with zero attached hydrogens (tertiary/aromatic N) is 1. The number of para-hydroxylation sites is 1. The van der Waals surface area contributed by atoms with Crippen molar-refractivity contribution in [3.05, 3.63) is 29.8 Å². The van der Waals surface area contributed by atoms with Crippen LogP contribution in [0.4, 0.5) is 5.69 Å². The molecule has 0 saturated heterocycles. The van der Waals surface area contributed by atoms with Crippen LogP contribution in [0, 0.1) is 5.92 Å². The number of aliphatic carboxylic acids is 1. The molecule has 0 saturated carbocycles. The zero-order valence-corrected chi connectivity index (χ0v) is 10.4. The first kappa shape index (κ1) is 12.0. The first-order valence-electron chi connectivity index (χ1n) is 6.20. The molecule has 0 radical (unpaired) electrons. The highest BCUT2D eigenvalue weighted by Gasteiger charge is 2.33. The second-order valence-electron chi connectivity index (χ2n) is 4.87. The summed E-state index contributed by atoms with van der Waals surface area (Å²) >= 11 is 0. The Morgan fingerprint density at radius 1 is 1.53 bits per heavy atom. The summed E-state index contributed by atoms with van der Waals surface area (Å²) in [5.74, 6) is -0.491. The third-order valence-corrected chi connectivity index (χ3v) is 3.58. The van der Waals surface area contributed by atoms with Crippen LogP contribution >= 0.6 is 0 Å². The van der Waals surface area contributed by atoms with Gasteiger partial charge in [-0.05, 0) is 17.5 Å². The predicted octanol–water partition coefficient (Wildman–Crippen LogP) is 2.72. The zero-order valence-electron chi connectivity index (χ0n) is 10.4. The Morgan fingerprint density at radius 3 is 2.88 bits per heavy atom. The molecule has 1 aliphatic heterocycles. The number of rotatable bonds is 4. The number of carboxylic acids is 1. The van der Waals surface area contributed by atoms with Gasteiger partial charge in [0.15, 0.2) is 0 Å². The Labute approximate surface area is 102 Å². The van der Waals surface area contributed by atoms with Crippen LogP contribution in [0.1, 0.15) is 31.7 Å². The van der Waals surface area contributed by atoms with Gasteiger partial charge in [0.2, 0.25) is 0 Å². The average molecular weight is 233 g/mol. The van der Waals surface area contributed by atoms with Crippen LogP contribution in [0.5, 0.6) is 0 Å². The smallest absolute Gasteiger partial charge is 0.312 e. The van der Waals surface area contributed by atoms with E-state index in [0.717, 1.165) is 24.2 Å². The number of hydrogen-bond donors (Lipinski definition) is 1. The molecular formula is C14H19NO2. The topological polar surface area (TPSA) is 40.5 Å². The summed E-state index contributed by atoms with van der Waals surface area (Å²) in [5.41, 5.74) is 2.06. The third-order valence-electron chi connectivity index (χ3n) is 3.58. The van der Waals surface area contributed by atoms with Gasteiger partial charge in [0.05, 0.1) is 0 Å². The Hall–Kier alpha value is -1.51. The Bertz CT molecular complexity index is 416. The number of carbonyl (C=O) groups is 1. The quantitative estimate of drug-likeness (QED) is 0.869. The van der Waals surface area contributed by atoms with Gasteiger partial charge in [-0.25, -0.2) is 0 Å². The van der Waals surface area contributed by atoms with Crippen LogP contribution in [0.25, 0.3) is 0 Å². The van der Waals surface area contributed by atoms with E-state index >= 15 is 0 Å². The first-order valence-corrected chi connectivity index (χ1v) is 6.20. The van der Waals surface area contributed by atoms with Gasteiger partial charge in [0.25, 0.3) is 0 Å². The highest BCUT2D eigenvalue weighted by molar-refractivity contribution is 5.82. The second kappa shape index (κ2) is 4.78. The first-order chi connectivity index (χ1) is 8.13. The molecule has 3 nitrogen and oxygen atoms in total. The number of carboxylic acid groups (broad SMARTS) is 1. The molecule has 3 heteroatoms. The van der Waals surface area contributed by atoms with Crippen molar-refractivity contribution in [1.82, 2.24) is 0 Å². The number of anilines is 1. The van der Waals surface area contributed by atoms with E-state index in [2.05, 4.69) is 18.7 Å². The molecule has 2 rings (SSSR count). The maximum absolute atomic E-state index is 11.2. The van der Waals surface area contributed by atoms with Crippen LogP contribution in [0.2, 0.25) is 0 Å². The third kappa shape index (κ3) is 2.28. The molecule has 0 amide bonds. The van der Waals surface area contributed by atoms with Crippen molar-refractivity contribution >= 4 is 11.7 Å². The normalized spacial score (nSPS) is 20.1. The van der Waals surface area contributed by atoms with Crippen molar-refractivity contribution in [3.63, 3.8) is 0 Å².